The third-order valence-corrected chi connectivity index (χ3v) is 4.82. The van der Waals surface area contributed by atoms with E-state index in [9.17, 15) is 4.79 Å². The Morgan fingerprint density at radius 1 is 1.14 bits per heavy atom. The summed E-state index contributed by atoms with van der Waals surface area (Å²) in [6.45, 7) is 4.96. The minimum Gasteiger partial charge on any atom is -0.316 e. The van der Waals surface area contributed by atoms with E-state index in [1.54, 1.807) is 0 Å². The summed E-state index contributed by atoms with van der Waals surface area (Å²) < 4.78 is 0. The number of likely N-dealkylation sites (tertiary alicyclic amines) is 1. The van der Waals surface area contributed by atoms with Gasteiger partial charge in [0.05, 0.1) is 6.04 Å². The van der Waals surface area contributed by atoms with Crippen LogP contribution in [0.3, 0.4) is 0 Å². The Balaban J connectivity index is 1.70. The number of hydrogen-bond donors (Lipinski definition) is 1. The number of rotatable bonds is 3. The lowest BCUT2D eigenvalue weighted by atomic mass is 10.0. The van der Waals surface area contributed by atoms with Crippen LogP contribution in [0.4, 0.5) is 5.69 Å². The van der Waals surface area contributed by atoms with Crippen molar-refractivity contribution < 1.29 is 4.79 Å². The van der Waals surface area contributed by atoms with Gasteiger partial charge in [-0.15, -0.1) is 0 Å². The molecule has 1 N–H and O–H groups in total. The Morgan fingerprint density at radius 3 is 2.62 bits per heavy atom. The average Bonchev–Trinajstić information content (AvgIpc) is 2.90. The molecule has 4 nitrogen and oxygen atoms in total. The Morgan fingerprint density at radius 2 is 1.90 bits per heavy atom. The van der Waals surface area contributed by atoms with Crippen LogP contribution in [0.5, 0.6) is 0 Å². The molecular formula is C17H25N3O. The first-order chi connectivity index (χ1) is 10.2. The molecule has 2 saturated heterocycles. The summed E-state index contributed by atoms with van der Waals surface area (Å²) in [6, 6.07) is 8.87. The average molecular weight is 287 g/mol. The van der Waals surface area contributed by atoms with Crippen LogP contribution < -0.4 is 10.2 Å². The fraction of sp³-hybridized carbons (Fsp3) is 0.588. The molecule has 0 aromatic heterocycles. The predicted octanol–water partition coefficient (Wildman–Crippen LogP) is 1.78. The van der Waals surface area contributed by atoms with Crippen LogP contribution in [0.15, 0.2) is 24.3 Å². The van der Waals surface area contributed by atoms with Gasteiger partial charge in [-0.1, -0.05) is 17.7 Å². The highest BCUT2D eigenvalue weighted by atomic mass is 16.2. The summed E-state index contributed by atoms with van der Waals surface area (Å²) in [6.07, 6.45) is 3.35. The largest absolute Gasteiger partial charge is 0.316 e. The number of hydrogen-bond acceptors (Lipinski definition) is 3. The van der Waals surface area contributed by atoms with E-state index < -0.39 is 0 Å². The van der Waals surface area contributed by atoms with E-state index in [1.807, 2.05) is 11.9 Å². The van der Waals surface area contributed by atoms with Crippen molar-refractivity contribution in [2.75, 3.05) is 31.6 Å². The molecular weight excluding hydrogens is 262 g/mol. The van der Waals surface area contributed by atoms with Crippen LogP contribution >= 0.6 is 0 Å². The van der Waals surface area contributed by atoms with Gasteiger partial charge >= 0.3 is 0 Å². The van der Waals surface area contributed by atoms with Crippen molar-refractivity contribution in [3.05, 3.63) is 29.8 Å². The zero-order valence-electron chi connectivity index (χ0n) is 13.0. The molecule has 0 saturated carbocycles. The fourth-order valence-corrected chi connectivity index (χ4v) is 3.51. The van der Waals surface area contributed by atoms with Crippen LogP contribution in [-0.4, -0.2) is 49.6 Å². The maximum absolute atomic E-state index is 12.7. The number of likely N-dealkylation sites (N-methyl/N-ethyl adjacent to an activating group) is 1. The fourth-order valence-electron chi connectivity index (χ4n) is 3.51. The monoisotopic (exact) mass is 287 g/mol. The van der Waals surface area contributed by atoms with Gasteiger partial charge in [0.2, 0.25) is 5.91 Å². The predicted molar refractivity (Wildman–Crippen MR) is 85.6 cm³/mol. The summed E-state index contributed by atoms with van der Waals surface area (Å²) in [5, 5.41) is 3.35. The normalized spacial score (nSPS) is 27.3. The summed E-state index contributed by atoms with van der Waals surface area (Å²) in [7, 11) is 2.02. The van der Waals surface area contributed by atoms with Gasteiger partial charge in [0.15, 0.2) is 0 Å². The number of nitrogens with zero attached hydrogens (tertiary/aromatic N) is 2. The number of anilines is 1. The summed E-state index contributed by atoms with van der Waals surface area (Å²) >= 11 is 0. The number of piperidine rings is 1. The van der Waals surface area contributed by atoms with Gasteiger partial charge in [0.1, 0.15) is 0 Å². The highest BCUT2D eigenvalue weighted by Crippen LogP contribution is 2.26. The highest BCUT2D eigenvalue weighted by Gasteiger charge is 2.38. The van der Waals surface area contributed by atoms with E-state index in [0.29, 0.717) is 6.04 Å². The maximum Gasteiger partial charge on any atom is 0.244 e. The third kappa shape index (κ3) is 2.97. The first-order valence-electron chi connectivity index (χ1n) is 7.98. The molecule has 2 aliphatic rings. The molecule has 0 radical (unpaired) electrons. The van der Waals surface area contributed by atoms with Crippen LogP contribution in [-0.2, 0) is 4.79 Å². The Kier molecular flexibility index (Phi) is 4.27. The van der Waals surface area contributed by atoms with Crippen LogP contribution in [0.1, 0.15) is 24.8 Å². The molecule has 1 aromatic rings. The van der Waals surface area contributed by atoms with Gasteiger partial charge < -0.3 is 10.2 Å². The van der Waals surface area contributed by atoms with Gasteiger partial charge in [0, 0.05) is 24.8 Å². The van der Waals surface area contributed by atoms with Crippen molar-refractivity contribution in [3.63, 3.8) is 0 Å². The highest BCUT2D eigenvalue weighted by molar-refractivity contribution is 5.99. The van der Waals surface area contributed by atoms with Crippen molar-refractivity contribution in [2.45, 2.75) is 38.3 Å². The standard InChI is InChI=1S/C17H25N3O/c1-13-5-7-15(8-6-13)20-11-9-16(17(20)21)19-10-3-4-14(12-19)18-2/h5-8,14,16,18H,3-4,9-12H2,1-2H3. The Bertz CT molecular complexity index is 499. The smallest absolute Gasteiger partial charge is 0.244 e. The molecule has 2 heterocycles. The van der Waals surface area contributed by atoms with Crippen molar-refractivity contribution in [1.29, 1.82) is 0 Å². The topological polar surface area (TPSA) is 35.6 Å². The number of carbonyl (C=O) groups excluding carboxylic acids is 1. The number of aryl methyl sites for hydroxylation is 1. The summed E-state index contributed by atoms with van der Waals surface area (Å²) in [5.74, 6) is 0.274. The van der Waals surface area contributed by atoms with Crippen molar-refractivity contribution in [3.8, 4) is 0 Å². The SMILES string of the molecule is CNC1CCCN(C2CCN(c3ccc(C)cc3)C2=O)C1. The second kappa shape index (κ2) is 6.16. The van der Waals surface area contributed by atoms with Crippen LogP contribution in [0.25, 0.3) is 0 Å². The molecule has 2 fully saturated rings. The minimum atomic E-state index is 0.0717. The van der Waals surface area contributed by atoms with Crippen molar-refractivity contribution in [2.24, 2.45) is 0 Å². The lowest BCUT2D eigenvalue weighted by molar-refractivity contribution is -0.122. The minimum absolute atomic E-state index is 0.0717. The second-order valence-corrected chi connectivity index (χ2v) is 6.25. The molecule has 21 heavy (non-hydrogen) atoms. The van der Waals surface area contributed by atoms with E-state index in [1.165, 1.54) is 18.4 Å². The first-order valence-corrected chi connectivity index (χ1v) is 7.98. The number of nitrogens with one attached hydrogen (secondary N) is 1. The second-order valence-electron chi connectivity index (χ2n) is 6.25. The molecule has 4 heteroatoms. The molecule has 1 amide bonds. The summed E-state index contributed by atoms with van der Waals surface area (Å²) in [5.41, 5.74) is 2.27. The van der Waals surface area contributed by atoms with Gasteiger partial charge in [-0.05, 0) is 51.9 Å². The molecule has 2 atom stereocenters. The Labute approximate surface area is 127 Å². The first kappa shape index (κ1) is 14.5. The third-order valence-electron chi connectivity index (χ3n) is 4.82. The number of amides is 1. The molecule has 0 bridgehead atoms. The number of carbonyl (C=O) groups is 1. The quantitative estimate of drug-likeness (QED) is 0.920. The van der Waals surface area contributed by atoms with Gasteiger partial charge in [-0.2, -0.15) is 0 Å². The van der Waals surface area contributed by atoms with E-state index in [-0.39, 0.29) is 11.9 Å². The summed E-state index contributed by atoms with van der Waals surface area (Å²) in [4.78, 5) is 17.1. The molecule has 2 unspecified atom stereocenters. The van der Waals surface area contributed by atoms with E-state index >= 15 is 0 Å². The molecule has 1 aromatic carbocycles. The maximum atomic E-state index is 12.7. The van der Waals surface area contributed by atoms with E-state index in [2.05, 4.69) is 41.4 Å². The zero-order valence-corrected chi connectivity index (χ0v) is 13.0. The van der Waals surface area contributed by atoms with Crippen molar-refractivity contribution in [1.82, 2.24) is 10.2 Å². The lowest BCUT2D eigenvalue weighted by Gasteiger charge is -2.35. The Hall–Kier alpha value is -1.39. The molecule has 114 valence electrons. The van der Waals surface area contributed by atoms with Crippen LogP contribution in [0.2, 0.25) is 0 Å². The molecule has 0 spiro atoms. The van der Waals surface area contributed by atoms with Gasteiger partial charge in [-0.25, -0.2) is 0 Å². The number of benzene rings is 1. The molecule has 0 aliphatic carbocycles. The zero-order chi connectivity index (χ0) is 14.8. The van der Waals surface area contributed by atoms with E-state index in [4.69, 9.17) is 0 Å². The van der Waals surface area contributed by atoms with Gasteiger partial charge in [0.25, 0.3) is 0 Å². The van der Waals surface area contributed by atoms with Crippen molar-refractivity contribution >= 4 is 11.6 Å². The van der Waals surface area contributed by atoms with E-state index in [0.717, 1.165) is 31.7 Å². The molecule has 2 aliphatic heterocycles. The lowest BCUT2D eigenvalue weighted by Crippen LogP contribution is -2.51. The van der Waals surface area contributed by atoms with Gasteiger partial charge in [-0.3, -0.25) is 9.69 Å². The van der Waals surface area contributed by atoms with Crippen LogP contribution in [0, 0.1) is 6.92 Å². The molecule has 3 rings (SSSR count).